The second-order valence-corrected chi connectivity index (χ2v) is 5.96. The number of hydrogen-bond donors (Lipinski definition) is 2. The molecule has 142 valence electrons. The van der Waals surface area contributed by atoms with E-state index in [1.54, 1.807) is 62.6 Å². The van der Waals surface area contributed by atoms with Gasteiger partial charge in [0.1, 0.15) is 11.5 Å². The second kappa shape index (κ2) is 10.2. The first kappa shape index (κ1) is 20.3. The minimum Gasteiger partial charge on any atom is -0.497 e. The van der Waals surface area contributed by atoms with Crippen molar-refractivity contribution in [2.45, 2.75) is 13.3 Å². The quantitative estimate of drug-likeness (QED) is 0.535. The largest absolute Gasteiger partial charge is 0.497 e. The predicted molar refractivity (Wildman–Crippen MR) is 104 cm³/mol. The van der Waals surface area contributed by atoms with Gasteiger partial charge in [-0.2, -0.15) is 5.10 Å². The molecule has 0 bridgehead atoms. The number of hydrogen-bond acceptors (Lipinski definition) is 5. The summed E-state index contributed by atoms with van der Waals surface area (Å²) in [4.78, 5) is 23.8. The fraction of sp³-hybridized carbons (Fsp3) is 0.211. The maximum absolute atomic E-state index is 12.0. The number of amides is 2. The Morgan fingerprint density at radius 1 is 1.04 bits per heavy atom. The lowest BCUT2D eigenvalue weighted by atomic mass is 10.2. The van der Waals surface area contributed by atoms with Crippen LogP contribution in [0.25, 0.3) is 0 Å². The number of nitrogens with one attached hydrogen (secondary N) is 2. The van der Waals surface area contributed by atoms with Crippen molar-refractivity contribution in [3.05, 3.63) is 53.6 Å². The molecule has 2 aromatic rings. The Morgan fingerprint density at radius 3 is 2.37 bits per heavy atom. The predicted octanol–water partition coefficient (Wildman–Crippen LogP) is 3.25. The van der Waals surface area contributed by atoms with Crippen LogP contribution in [0.4, 0.5) is 5.69 Å². The lowest BCUT2D eigenvalue weighted by Gasteiger charge is -2.08. The van der Waals surface area contributed by atoms with Crippen LogP contribution < -0.4 is 20.2 Å². The number of anilines is 1. The number of halogens is 1. The van der Waals surface area contributed by atoms with Crippen LogP contribution in [-0.2, 0) is 9.59 Å². The van der Waals surface area contributed by atoms with E-state index < -0.39 is 5.91 Å². The molecule has 0 fully saturated rings. The average molecular weight is 390 g/mol. The van der Waals surface area contributed by atoms with E-state index in [9.17, 15) is 9.59 Å². The Hall–Kier alpha value is -3.06. The maximum atomic E-state index is 12.0. The molecule has 0 aliphatic carbocycles. The van der Waals surface area contributed by atoms with Gasteiger partial charge in [0.25, 0.3) is 5.91 Å². The third kappa shape index (κ3) is 6.99. The van der Waals surface area contributed by atoms with Gasteiger partial charge in [0.15, 0.2) is 6.61 Å². The van der Waals surface area contributed by atoms with E-state index in [1.807, 2.05) is 0 Å². The standard InChI is InChI=1S/C19H20ClN3O4/c1-13(11-18(24)21-17-6-4-3-5-16(17)20)22-23-19(25)12-27-15-9-7-14(26-2)8-10-15/h3-10H,11-12H2,1-2H3,(H,21,24)(H,23,25). The summed E-state index contributed by atoms with van der Waals surface area (Å²) in [5, 5.41) is 7.02. The Kier molecular flexibility index (Phi) is 7.63. The van der Waals surface area contributed by atoms with Gasteiger partial charge >= 0.3 is 0 Å². The zero-order valence-electron chi connectivity index (χ0n) is 15.0. The lowest BCUT2D eigenvalue weighted by molar-refractivity contribution is -0.123. The number of ether oxygens (including phenoxy) is 2. The van der Waals surface area contributed by atoms with Crippen LogP contribution in [0.1, 0.15) is 13.3 Å². The molecule has 0 aliphatic rings. The Labute approximate surface area is 162 Å². The normalized spacial score (nSPS) is 10.9. The van der Waals surface area contributed by atoms with Gasteiger partial charge in [-0.15, -0.1) is 0 Å². The Bertz CT molecular complexity index is 822. The van der Waals surface area contributed by atoms with Crippen molar-refractivity contribution in [2.75, 3.05) is 19.0 Å². The molecule has 0 saturated carbocycles. The molecule has 0 saturated heterocycles. The molecule has 0 atom stereocenters. The average Bonchev–Trinajstić information content (AvgIpc) is 2.67. The highest BCUT2D eigenvalue weighted by Gasteiger charge is 2.08. The smallest absolute Gasteiger partial charge is 0.277 e. The molecule has 2 N–H and O–H groups in total. The van der Waals surface area contributed by atoms with Gasteiger partial charge in [0.05, 0.1) is 24.2 Å². The van der Waals surface area contributed by atoms with E-state index in [1.165, 1.54) is 0 Å². The summed E-state index contributed by atoms with van der Waals surface area (Å²) in [6.45, 7) is 1.44. The number of methoxy groups -OCH3 is 1. The van der Waals surface area contributed by atoms with Gasteiger partial charge < -0.3 is 14.8 Å². The number of carbonyl (C=O) groups is 2. The highest BCUT2D eigenvalue weighted by molar-refractivity contribution is 6.33. The van der Waals surface area contributed by atoms with Crippen molar-refractivity contribution in [3.63, 3.8) is 0 Å². The third-order valence-electron chi connectivity index (χ3n) is 3.37. The first-order valence-corrected chi connectivity index (χ1v) is 8.49. The van der Waals surface area contributed by atoms with Crippen molar-refractivity contribution in [1.29, 1.82) is 0 Å². The Balaban J connectivity index is 1.75. The van der Waals surface area contributed by atoms with Crippen LogP contribution in [0.2, 0.25) is 5.02 Å². The summed E-state index contributed by atoms with van der Waals surface area (Å²) in [5.41, 5.74) is 3.31. The molecule has 0 aliphatic heterocycles. The molecule has 8 heteroatoms. The van der Waals surface area contributed by atoms with E-state index in [0.29, 0.717) is 27.9 Å². The molecule has 0 unspecified atom stereocenters. The van der Waals surface area contributed by atoms with Crippen LogP contribution in [0.3, 0.4) is 0 Å². The zero-order chi connectivity index (χ0) is 19.6. The number of carbonyl (C=O) groups excluding carboxylic acids is 2. The van der Waals surface area contributed by atoms with E-state index in [4.69, 9.17) is 21.1 Å². The number of nitrogens with zero attached hydrogens (tertiary/aromatic N) is 1. The van der Waals surface area contributed by atoms with E-state index >= 15 is 0 Å². The first-order valence-electron chi connectivity index (χ1n) is 8.11. The molecular formula is C19H20ClN3O4. The highest BCUT2D eigenvalue weighted by Crippen LogP contribution is 2.20. The van der Waals surface area contributed by atoms with Crippen LogP contribution in [0.15, 0.2) is 53.6 Å². The molecule has 7 nitrogen and oxygen atoms in total. The van der Waals surface area contributed by atoms with E-state index in [0.717, 1.165) is 0 Å². The lowest BCUT2D eigenvalue weighted by Crippen LogP contribution is -2.26. The Morgan fingerprint density at radius 2 is 1.70 bits per heavy atom. The summed E-state index contributed by atoms with van der Waals surface area (Å²) in [6, 6.07) is 13.8. The van der Waals surface area contributed by atoms with Crippen molar-refractivity contribution in [2.24, 2.45) is 5.10 Å². The summed E-state index contributed by atoms with van der Waals surface area (Å²) < 4.78 is 10.4. The number of hydrazone groups is 1. The van der Waals surface area contributed by atoms with Crippen LogP contribution in [-0.4, -0.2) is 31.2 Å². The molecule has 2 amide bonds. The first-order chi connectivity index (χ1) is 13.0. The molecule has 0 spiro atoms. The number of benzene rings is 2. The van der Waals surface area contributed by atoms with Crippen LogP contribution in [0, 0.1) is 0 Å². The van der Waals surface area contributed by atoms with Crippen LogP contribution >= 0.6 is 11.6 Å². The molecule has 2 aromatic carbocycles. The molecule has 0 radical (unpaired) electrons. The van der Waals surface area contributed by atoms with Crippen molar-refractivity contribution in [3.8, 4) is 11.5 Å². The van der Waals surface area contributed by atoms with Gasteiger partial charge in [-0.25, -0.2) is 5.43 Å². The van der Waals surface area contributed by atoms with Gasteiger partial charge in [-0.1, -0.05) is 23.7 Å². The maximum Gasteiger partial charge on any atom is 0.277 e. The van der Waals surface area contributed by atoms with Crippen molar-refractivity contribution < 1.29 is 19.1 Å². The van der Waals surface area contributed by atoms with Crippen molar-refractivity contribution >= 4 is 34.8 Å². The summed E-state index contributed by atoms with van der Waals surface area (Å²) >= 11 is 5.99. The van der Waals surface area contributed by atoms with E-state index in [-0.39, 0.29) is 18.9 Å². The SMILES string of the molecule is COc1ccc(OCC(=O)NN=C(C)CC(=O)Nc2ccccc2Cl)cc1. The van der Waals surface area contributed by atoms with Crippen LogP contribution in [0.5, 0.6) is 11.5 Å². The van der Waals surface area contributed by atoms with Gasteiger partial charge in [-0.3, -0.25) is 9.59 Å². The summed E-state index contributed by atoms with van der Waals surface area (Å²) in [6.07, 6.45) is 0.0187. The molecule has 2 rings (SSSR count). The zero-order valence-corrected chi connectivity index (χ0v) is 15.7. The second-order valence-electron chi connectivity index (χ2n) is 5.55. The fourth-order valence-corrected chi connectivity index (χ4v) is 2.22. The minimum absolute atomic E-state index is 0.0187. The molecule has 27 heavy (non-hydrogen) atoms. The van der Waals surface area contributed by atoms with Crippen molar-refractivity contribution in [1.82, 2.24) is 5.43 Å². The molecule has 0 aromatic heterocycles. The van der Waals surface area contributed by atoms with E-state index in [2.05, 4.69) is 15.8 Å². The summed E-state index contributed by atoms with van der Waals surface area (Å²) in [7, 11) is 1.57. The fourth-order valence-electron chi connectivity index (χ4n) is 2.04. The monoisotopic (exact) mass is 389 g/mol. The van der Waals surface area contributed by atoms with Gasteiger partial charge in [-0.05, 0) is 43.3 Å². The molecule has 0 heterocycles. The van der Waals surface area contributed by atoms with Gasteiger partial charge in [0.2, 0.25) is 5.91 Å². The third-order valence-corrected chi connectivity index (χ3v) is 3.69. The number of para-hydroxylation sites is 1. The summed E-state index contributed by atoms with van der Waals surface area (Å²) in [5.74, 6) is 0.512. The number of rotatable bonds is 8. The van der Waals surface area contributed by atoms with Gasteiger partial charge in [0, 0.05) is 5.71 Å². The highest BCUT2D eigenvalue weighted by atomic mass is 35.5. The minimum atomic E-state index is -0.434. The topological polar surface area (TPSA) is 89.0 Å². The molecular weight excluding hydrogens is 370 g/mol.